The van der Waals surface area contributed by atoms with Gasteiger partial charge in [0.15, 0.2) is 17.5 Å². The van der Waals surface area contributed by atoms with Gasteiger partial charge in [-0.1, -0.05) is 146 Å². The molecule has 0 unspecified atom stereocenters. The Morgan fingerprint density at radius 2 is 0.810 bits per heavy atom. The zero-order valence-electron chi connectivity index (χ0n) is 31.3. The minimum atomic E-state index is 0.637. The highest BCUT2D eigenvalue weighted by Gasteiger charge is 2.21. The Labute approximate surface area is 333 Å². The summed E-state index contributed by atoms with van der Waals surface area (Å²) in [4.78, 5) is 15.2. The molecule has 270 valence electrons. The van der Waals surface area contributed by atoms with E-state index >= 15 is 0 Å². The Bertz CT molecular complexity index is 3560. The summed E-state index contributed by atoms with van der Waals surface area (Å²) in [5.74, 6) is 1.93. The normalized spacial score (nSPS) is 11.8. The molecule has 12 aromatic rings. The van der Waals surface area contributed by atoms with Gasteiger partial charge in [0, 0.05) is 49.3 Å². The number of aromatic nitrogens is 5. The van der Waals surface area contributed by atoms with Crippen LogP contribution in [0.2, 0.25) is 0 Å². The van der Waals surface area contributed by atoms with Crippen molar-refractivity contribution in [3.8, 4) is 45.5 Å². The lowest BCUT2D eigenvalue weighted by atomic mass is 10.0. The predicted octanol–water partition coefficient (Wildman–Crippen LogP) is 13.4. The number of nitrogens with zero attached hydrogens (tertiary/aromatic N) is 5. The van der Waals surface area contributed by atoms with Crippen LogP contribution in [0.3, 0.4) is 0 Å². The van der Waals surface area contributed by atoms with E-state index in [9.17, 15) is 0 Å². The van der Waals surface area contributed by atoms with Gasteiger partial charge in [0.2, 0.25) is 0 Å². The predicted molar refractivity (Wildman–Crippen MR) is 240 cm³/mol. The largest absolute Gasteiger partial charge is 0.309 e. The monoisotopic (exact) mass is 739 g/mol. The number of para-hydroxylation sites is 3. The first-order valence-electron chi connectivity index (χ1n) is 19.6. The molecule has 0 spiro atoms. The minimum absolute atomic E-state index is 0.637. The first kappa shape index (κ1) is 32.4. The molecule has 0 aliphatic heterocycles. The highest BCUT2D eigenvalue weighted by molar-refractivity contribution is 6.29. The van der Waals surface area contributed by atoms with Crippen LogP contribution in [-0.2, 0) is 0 Å². The molecule has 0 amide bonds. The Balaban J connectivity index is 1.06. The van der Waals surface area contributed by atoms with Gasteiger partial charge in [-0.15, -0.1) is 0 Å². The molecule has 0 N–H and O–H groups in total. The summed E-state index contributed by atoms with van der Waals surface area (Å²) in [6, 6.07) is 71.0. The van der Waals surface area contributed by atoms with Crippen molar-refractivity contribution in [1.29, 1.82) is 0 Å². The number of fused-ring (bicyclic) bond motifs is 9. The van der Waals surface area contributed by atoms with Crippen LogP contribution in [0.5, 0.6) is 0 Å². The van der Waals surface area contributed by atoms with Crippen molar-refractivity contribution in [2.45, 2.75) is 0 Å². The SMILES string of the molecule is c1ccc(-c2nc(-c3ccc4ccccc4c3)nc(-c3ccc4c(-n5c6ccccc6c6c7c8ccccc8n(-c8ccccc8)c7ccc65)cccc4c3)n2)cc1. The fourth-order valence-corrected chi connectivity index (χ4v) is 8.91. The molecule has 0 aliphatic carbocycles. The molecule has 0 saturated carbocycles. The van der Waals surface area contributed by atoms with Crippen molar-refractivity contribution >= 4 is 65.2 Å². The first-order valence-corrected chi connectivity index (χ1v) is 19.6. The van der Waals surface area contributed by atoms with Crippen LogP contribution in [-0.4, -0.2) is 24.1 Å². The van der Waals surface area contributed by atoms with Crippen LogP contribution in [0.25, 0.3) is 111 Å². The molecule has 0 radical (unpaired) electrons. The van der Waals surface area contributed by atoms with Crippen LogP contribution >= 0.6 is 0 Å². The standard InChI is InChI=1S/C53H33N5/c1-3-15-35(16-4-1)51-54-52(38-27-26-34-14-7-8-17-36(34)32-38)56-53(55-51)39-28-29-41-37(33-39)18-13-25-44(41)58-46-24-12-10-22-43(46)50-48(58)31-30-47-49(50)42-21-9-11-23-45(42)57(47)40-19-5-2-6-20-40/h1-33H. The molecule has 9 aromatic carbocycles. The topological polar surface area (TPSA) is 48.5 Å². The van der Waals surface area contributed by atoms with E-state index in [0.29, 0.717) is 17.5 Å². The molecule has 5 heteroatoms. The second-order valence-corrected chi connectivity index (χ2v) is 14.8. The molecule has 0 saturated heterocycles. The van der Waals surface area contributed by atoms with Gasteiger partial charge in [-0.25, -0.2) is 15.0 Å². The van der Waals surface area contributed by atoms with Crippen LogP contribution < -0.4 is 0 Å². The van der Waals surface area contributed by atoms with Gasteiger partial charge in [-0.3, -0.25) is 0 Å². The molecule has 5 nitrogen and oxygen atoms in total. The zero-order chi connectivity index (χ0) is 38.2. The fourth-order valence-electron chi connectivity index (χ4n) is 8.91. The second-order valence-electron chi connectivity index (χ2n) is 14.8. The Kier molecular flexibility index (Phi) is 7.16. The smallest absolute Gasteiger partial charge is 0.164 e. The molecular weight excluding hydrogens is 707 g/mol. The van der Waals surface area contributed by atoms with Gasteiger partial charge in [0.25, 0.3) is 0 Å². The van der Waals surface area contributed by atoms with Crippen molar-refractivity contribution in [3.63, 3.8) is 0 Å². The van der Waals surface area contributed by atoms with E-state index in [1.54, 1.807) is 0 Å². The van der Waals surface area contributed by atoms with E-state index in [1.807, 2.05) is 18.2 Å². The average molecular weight is 740 g/mol. The van der Waals surface area contributed by atoms with E-state index in [-0.39, 0.29) is 0 Å². The maximum absolute atomic E-state index is 5.12. The highest BCUT2D eigenvalue weighted by Crippen LogP contribution is 2.43. The summed E-state index contributed by atoms with van der Waals surface area (Å²) >= 11 is 0. The van der Waals surface area contributed by atoms with Crippen LogP contribution in [0.4, 0.5) is 0 Å². The lowest BCUT2D eigenvalue weighted by Crippen LogP contribution is -2.00. The Morgan fingerprint density at radius 1 is 0.293 bits per heavy atom. The molecule has 0 bridgehead atoms. The third-order valence-electron chi connectivity index (χ3n) is 11.5. The van der Waals surface area contributed by atoms with Gasteiger partial charge in [-0.2, -0.15) is 0 Å². The zero-order valence-corrected chi connectivity index (χ0v) is 31.3. The number of hydrogen-bond donors (Lipinski definition) is 0. The van der Waals surface area contributed by atoms with Gasteiger partial charge in [0.1, 0.15) is 0 Å². The minimum Gasteiger partial charge on any atom is -0.309 e. The average Bonchev–Trinajstić information content (AvgIpc) is 3.82. The van der Waals surface area contributed by atoms with Crippen molar-refractivity contribution in [2.75, 3.05) is 0 Å². The second kappa shape index (κ2) is 12.8. The van der Waals surface area contributed by atoms with E-state index in [0.717, 1.165) is 44.2 Å². The van der Waals surface area contributed by atoms with Crippen molar-refractivity contribution in [2.24, 2.45) is 0 Å². The maximum atomic E-state index is 5.12. The van der Waals surface area contributed by atoms with Gasteiger partial charge < -0.3 is 9.13 Å². The molecule has 3 aromatic heterocycles. The molecule has 58 heavy (non-hydrogen) atoms. The molecule has 0 atom stereocenters. The quantitative estimate of drug-likeness (QED) is 0.177. The summed E-state index contributed by atoms with van der Waals surface area (Å²) in [7, 11) is 0. The summed E-state index contributed by atoms with van der Waals surface area (Å²) in [6.07, 6.45) is 0. The van der Waals surface area contributed by atoms with Crippen molar-refractivity contribution < 1.29 is 0 Å². The number of benzene rings is 9. The molecule has 12 rings (SSSR count). The van der Waals surface area contributed by atoms with Gasteiger partial charge in [0.05, 0.1) is 27.8 Å². The van der Waals surface area contributed by atoms with Gasteiger partial charge in [-0.05, 0) is 70.8 Å². The summed E-state index contributed by atoms with van der Waals surface area (Å²) in [5.41, 5.74) is 9.85. The van der Waals surface area contributed by atoms with Crippen LogP contribution in [0.15, 0.2) is 200 Å². The van der Waals surface area contributed by atoms with Crippen LogP contribution in [0.1, 0.15) is 0 Å². The van der Waals surface area contributed by atoms with E-state index < -0.39 is 0 Å². The molecule has 3 heterocycles. The molecule has 0 fully saturated rings. The van der Waals surface area contributed by atoms with E-state index in [4.69, 9.17) is 15.0 Å². The van der Waals surface area contributed by atoms with Crippen molar-refractivity contribution in [3.05, 3.63) is 200 Å². The Hall–Kier alpha value is -7.89. The number of hydrogen-bond acceptors (Lipinski definition) is 3. The molecule has 0 aliphatic rings. The lowest BCUT2D eigenvalue weighted by Gasteiger charge is -2.13. The van der Waals surface area contributed by atoms with E-state index in [2.05, 4.69) is 191 Å². The van der Waals surface area contributed by atoms with E-state index in [1.165, 1.54) is 49.0 Å². The maximum Gasteiger partial charge on any atom is 0.164 e. The highest BCUT2D eigenvalue weighted by atomic mass is 15.0. The lowest BCUT2D eigenvalue weighted by molar-refractivity contribution is 1.07. The van der Waals surface area contributed by atoms with Crippen LogP contribution in [0, 0.1) is 0 Å². The third-order valence-corrected chi connectivity index (χ3v) is 11.5. The first-order chi connectivity index (χ1) is 28.8. The van der Waals surface area contributed by atoms with Gasteiger partial charge >= 0.3 is 0 Å². The summed E-state index contributed by atoms with van der Waals surface area (Å²) in [6.45, 7) is 0. The summed E-state index contributed by atoms with van der Waals surface area (Å²) in [5, 5.41) is 9.58. The number of rotatable bonds is 5. The Morgan fingerprint density at radius 3 is 1.52 bits per heavy atom. The fraction of sp³-hybridized carbons (Fsp3) is 0. The third kappa shape index (κ3) is 5.00. The summed E-state index contributed by atoms with van der Waals surface area (Å²) < 4.78 is 4.83. The molecular formula is C53H33N5. The van der Waals surface area contributed by atoms with Crippen molar-refractivity contribution in [1.82, 2.24) is 24.1 Å².